The van der Waals surface area contributed by atoms with Gasteiger partial charge in [-0.1, -0.05) is 0 Å². The molecule has 0 aliphatic carbocycles. The van der Waals surface area contributed by atoms with E-state index in [1.165, 1.54) is 30.6 Å². The predicted molar refractivity (Wildman–Crippen MR) is 62.4 cm³/mol. The van der Waals surface area contributed by atoms with Crippen molar-refractivity contribution >= 4 is 21.4 Å². The van der Waals surface area contributed by atoms with Crippen LogP contribution >= 0.6 is 0 Å². The highest BCUT2D eigenvalue weighted by molar-refractivity contribution is 7.92. The van der Waals surface area contributed by atoms with Crippen LogP contribution in [0.1, 0.15) is 0 Å². The first kappa shape index (κ1) is 11.5. The molecule has 0 spiro atoms. The highest BCUT2D eigenvalue weighted by Gasteiger charge is 2.16. The van der Waals surface area contributed by atoms with Gasteiger partial charge < -0.3 is 10.7 Å². The minimum atomic E-state index is -3.79. The zero-order valence-electron chi connectivity index (χ0n) is 8.64. The van der Waals surface area contributed by atoms with Crippen LogP contribution in [0.3, 0.4) is 0 Å². The van der Waals surface area contributed by atoms with Gasteiger partial charge in [0.1, 0.15) is 10.7 Å². The van der Waals surface area contributed by atoms with Gasteiger partial charge in [-0.25, -0.2) is 12.8 Å². The Hall–Kier alpha value is -2.02. The number of halogens is 1. The van der Waals surface area contributed by atoms with Gasteiger partial charge in [0.25, 0.3) is 10.0 Å². The molecule has 1 heterocycles. The Morgan fingerprint density at radius 3 is 2.71 bits per heavy atom. The lowest BCUT2D eigenvalue weighted by molar-refractivity contribution is 0.598. The number of nitrogens with one attached hydrogen (secondary N) is 2. The molecule has 0 amide bonds. The van der Waals surface area contributed by atoms with Crippen molar-refractivity contribution in [1.82, 2.24) is 4.98 Å². The van der Waals surface area contributed by atoms with Crippen LogP contribution in [0.25, 0.3) is 0 Å². The van der Waals surface area contributed by atoms with Crippen molar-refractivity contribution in [2.45, 2.75) is 4.90 Å². The van der Waals surface area contributed by atoms with Crippen molar-refractivity contribution in [3.8, 4) is 0 Å². The maximum absolute atomic E-state index is 13.4. The number of hydrogen-bond donors (Lipinski definition) is 3. The second-order valence-corrected chi connectivity index (χ2v) is 5.07. The third-order valence-corrected chi connectivity index (χ3v) is 3.48. The summed E-state index contributed by atoms with van der Waals surface area (Å²) in [6.45, 7) is 0. The van der Waals surface area contributed by atoms with Crippen molar-refractivity contribution in [2.75, 3.05) is 10.5 Å². The molecular weight excluding hydrogens is 245 g/mol. The fourth-order valence-electron chi connectivity index (χ4n) is 1.30. The first-order valence-corrected chi connectivity index (χ1v) is 6.18. The summed E-state index contributed by atoms with van der Waals surface area (Å²) < 4.78 is 39.1. The standard InChI is InChI=1S/C10H10FN3O2S/c11-9-2-1-7(12)5-10(9)14-17(15,16)8-3-4-13-6-8/h1-6,13-14H,12H2. The number of nitrogens with two attached hydrogens (primary N) is 1. The topological polar surface area (TPSA) is 88.0 Å². The van der Waals surface area contributed by atoms with Gasteiger partial charge in [-0.3, -0.25) is 4.72 Å². The van der Waals surface area contributed by atoms with E-state index in [4.69, 9.17) is 5.73 Å². The van der Waals surface area contributed by atoms with Crippen LogP contribution in [-0.2, 0) is 10.0 Å². The summed E-state index contributed by atoms with van der Waals surface area (Å²) in [5.41, 5.74) is 5.56. The van der Waals surface area contributed by atoms with Crippen LogP contribution in [0.5, 0.6) is 0 Å². The minimum absolute atomic E-state index is 0.0272. The van der Waals surface area contributed by atoms with E-state index >= 15 is 0 Å². The van der Waals surface area contributed by atoms with Crippen LogP contribution in [0.4, 0.5) is 15.8 Å². The number of H-pyrrole nitrogens is 1. The highest BCUT2D eigenvalue weighted by atomic mass is 32.2. The van der Waals surface area contributed by atoms with Gasteiger partial charge in [-0.2, -0.15) is 0 Å². The highest BCUT2D eigenvalue weighted by Crippen LogP contribution is 2.21. The van der Waals surface area contributed by atoms with Gasteiger partial charge in [0.2, 0.25) is 0 Å². The fraction of sp³-hybridized carbons (Fsp3) is 0. The molecule has 90 valence electrons. The molecule has 7 heteroatoms. The Labute approximate surface area is 97.5 Å². The van der Waals surface area contributed by atoms with Gasteiger partial charge in [0, 0.05) is 18.1 Å². The third-order valence-electron chi connectivity index (χ3n) is 2.11. The van der Waals surface area contributed by atoms with Crippen LogP contribution in [0.2, 0.25) is 0 Å². The second-order valence-electron chi connectivity index (χ2n) is 3.39. The van der Waals surface area contributed by atoms with E-state index in [1.54, 1.807) is 0 Å². The van der Waals surface area contributed by atoms with Crippen LogP contribution in [-0.4, -0.2) is 13.4 Å². The van der Waals surface area contributed by atoms with Crippen molar-refractivity contribution in [2.24, 2.45) is 0 Å². The van der Waals surface area contributed by atoms with Gasteiger partial charge >= 0.3 is 0 Å². The van der Waals surface area contributed by atoms with Crippen LogP contribution in [0.15, 0.2) is 41.6 Å². The molecule has 0 saturated carbocycles. The summed E-state index contributed by atoms with van der Waals surface area (Å²) in [5, 5.41) is 0. The Morgan fingerprint density at radius 2 is 2.06 bits per heavy atom. The average molecular weight is 255 g/mol. The minimum Gasteiger partial charge on any atom is -0.399 e. The first-order valence-electron chi connectivity index (χ1n) is 4.70. The molecule has 0 radical (unpaired) electrons. The van der Waals surface area contributed by atoms with E-state index in [1.807, 2.05) is 0 Å². The lowest BCUT2D eigenvalue weighted by atomic mass is 10.3. The zero-order chi connectivity index (χ0) is 12.5. The molecule has 0 fully saturated rings. The summed E-state index contributed by atoms with van der Waals surface area (Å²) in [5.74, 6) is -0.682. The maximum atomic E-state index is 13.4. The van der Waals surface area contributed by atoms with Crippen LogP contribution < -0.4 is 10.5 Å². The molecule has 0 bridgehead atoms. The average Bonchev–Trinajstić information content (AvgIpc) is 2.77. The number of aromatic amines is 1. The summed E-state index contributed by atoms with van der Waals surface area (Å²) in [4.78, 5) is 2.64. The number of rotatable bonds is 3. The van der Waals surface area contributed by atoms with E-state index in [2.05, 4.69) is 9.71 Å². The largest absolute Gasteiger partial charge is 0.399 e. The van der Waals surface area contributed by atoms with E-state index < -0.39 is 15.8 Å². The van der Waals surface area contributed by atoms with E-state index in [-0.39, 0.29) is 16.3 Å². The molecule has 4 N–H and O–H groups in total. The molecule has 17 heavy (non-hydrogen) atoms. The van der Waals surface area contributed by atoms with Gasteiger partial charge in [-0.15, -0.1) is 0 Å². The quantitative estimate of drug-likeness (QED) is 0.727. The van der Waals surface area contributed by atoms with Gasteiger partial charge in [0.05, 0.1) is 5.69 Å². The molecular formula is C10H10FN3O2S. The molecule has 0 atom stereocenters. The Bertz CT molecular complexity index is 623. The number of aromatic nitrogens is 1. The van der Waals surface area contributed by atoms with Crippen molar-refractivity contribution in [3.63, 3.8) is 0 Å². The summed E-state index contributed by atoms with van der Waals surface area (Å²) in [6.07, 6.45) is 2.76. The predicted octanol–water partition coefficient (Wildman–Crippen LogP) is 1.54. The van der Waals surface area contributed by atoms with Gasteiger partial charge in [0.15, 0.2) is 0 Å². The lowest BCUT2D eigenvalue weighted by Crippen LogP contribution is -2.13. The van der Waals surface area contributed by atoms with Gasteiger partial charge in [-0.05, 0) is 24.3 Å². The molecule has 1 aromatic heterocycles. The Balaban J connectivity index is 2.36. The smallest absolute Gasteiger partial charge is 0.263 e. The number of anilines is 2. The molecule has 0 aliphatic heterocycles. The van der Waals surface area contributed by atoms with Crippen molar-refractivity contribution in [3.05, 3.63) is 42.5 Å². The molecule has 2 rings (SSSR count). The molecule has 0 saturated heterocycles. The normalized spacial score (nSPS) is 11.4. The molecule has 2 aromatic rings. The number of benzene rings is 1. The second kappa shape index (κ2) is 4.10. The summed E-state index contributed by atoms with van der Waals surface area (Å²) in [6, 6.07) is 5.04. The molecule has 5 nitrogen and oxygen atoms in total. The van der Waals surface area contributed by atoms with E-state index in [0.29, 0.717) is 0 Å². The van der Waals surface area contributed by atoms with Crippen molar-refractivity contribution < 1.29 is 12.8 Å². The molecule has 1 aromatic carbocycles. The Morgan fingerprint density at radius 1 is 1.29 bits per heavy atom. The third kappa shape index (κ3) is 2.39. The lowest BCUT2D eigenvalue weighted by Gasteiger charge is -2.08. The zero-order valence-corrected chi connectivity index (χ0v) is 9.46. The van der Waals surface area contributed by atoms with E-state index in [9.17, 15) is 12.8 Å². The van der Waals surface area contributed by atoms with Crippen molar-refractivity contribution in [1.29, 1.82) is 0 Å². The Kier molecular flexibility index (Phi) is 2.76. The van der Waals surface area contributed by atoms with E-state index in [0.717, 1.165) is 6.07 Å². The first-order chi connectivity index (χ1) is 7.99. The molecule has 0 unspecified atom stereocenters. The number of sulfonamides is 1. The number of nitrogen functional groups attached to an aromatic ring is 1. The molecule has 0 aliphatic rings. The fourth-order valence-corrected chi connectivity index (χ4v) is 2.33. The monoisotopic (exact) mass is 255 g/mol. The summed E-state index contributed by atoms with van der Waals surface area (Å²) >= 11 is 0. The maximum Gasteiger partial charge on any atom is 0.263 e. The summed E-state index contributed by atoms with van der Waals surface area (Å²) in [7, 11) is -3.79. The number of hydrogen-bond acceptors (Lipinski definition) is 3. The van der Waals surface area contributed by atoms with Crippen LogP contribution in [0, 0.1) is 5.82 Å². The SMILES string of the molecule is Nc1ccc(F)c(NS(=O)(=O)c2cc[nH]c2)c1.